The summed E-state index contributed by atoms with van der Waals surface area (Å²) in [5.74, 6) is 0.803. The second-order valence-electron chi connectivity index (χ2n) is 6.98. The average Bonchev–Trinajstić information content (AvgIpc) is 3.17. The van der Waals surface area contributed by atoms with Crippen molar-refractivity contribution in [3.8, 4) is 23.0 Å². The van der Waals surface area contributed by atoms with Gasteiger partial charge in [-0.25, -0.2) is 4.98 Å². The van der Waals surface area contributed by atoms with E-state index in [1.165, 1.54) is 0 Å². The largest absolute Gasteiger partial charge is 0.507 e. The van der Waals surface area contributed by atoms with Crippen LogP contribution in [0, 0.1) is 6.92 Å². The van der Waals surface area contributed by atoms with Crippen LogP contribution < -0.4 is 15.4 Å². The number of carbonyl (C=O) groups is 1. The van der Waals surface area contributed by atoms with Crippen LogP contribution in [0.15, 0.2) is 69.6 Å². The highest BCUT2D eigenvalue weighted by molar-refractivity contribution is 9.10. The number of carbonyl (C=O) groups excluding carboxylic acids is 1. The number of rotatable bonds is 5. The van der Waals surface area contributed by atoms with Crippen molar-refractivity contribution < 1.29 is 19.1 Å². The second kappa shape index (κ2) is 9.37. The maximum atomic E-state index is 12.1. The summed E-state index contributed by atoms with van der Waals surface area (Å²) < 4.78 is 11.8. The monoisotopic (exact) mass is 511 g/mol. The molecule has 0 fully saturated rings. The van der Waals surface area contributed by atoms with E-state index >= 15 is 0 Å². The summed E-state index contributed by atoms with van der Waals surface area (Å²) >= 11 is 8.51. The van der Waals surface area contributed by atoms with Gasteiger partial charge in [-0.3, -0.25) is 10.1 Å². The molecule has 0 atom stereocenters. The Kier molecular flexibility index (Phi) is 6.38. The number of aryl methyl sites for hydroxylation is 1. The molecule has 4 rings (SSSR count). The van der Waals surface area contributed by atoms with E-state index < -0.39 is 0 Å². The summed E-state index contributed by atoms with van der Waals surface area (Å²) in [5, 5.41) is 15.4. The Morgan fingerprint density at radius 3 is 2.81 bits per heavy atom. The van der Waals surface area contributed by atoms with Gasteiger partial charge in [-0.15, -0.1) is 0 Å². The molecule has 1 aromatic heterocycles. The summed E-state index contributed by atoms with van der Waals surface area (Å²) in [7, 11) is 0. The first-order valence-electron chi connectivity index (χ1n) is 9.57. The molecule has 0 aliphatic rings. The van der Waals surface area contributed by atoms with Gasteiger partial charge in [0.1, 0.15) is 17.0 Å². The molecule has 0 radical (unpaired) electrons. The Hall–Kier alpha value is -3.43. The van der Waals surface area contributed by atoms with Crippen LogP contribution in [0.4, 0.5) is 5.69 Å². The molecule has 1 amide bonds. The Morgan fingerprint density at radius 1 is 1.19 bits per heavy atom. The lowest BCUT2D eigenvalue weighted by molar-refractivity contribution is -0.121. The summed E-state index contributed by atoms with van der Waals surface area (Å²) in [6.45, 7) is 1.80. The average molecular weight is 512 g/mol. The van der Waals surface area contributed by atoms with E-state index in [1.807, 2.05) is 25.1 Å². The molecule has 0 aliphatic carbocycles. The van der Waals surface area contributed by atoms with Gasteiger partial charge in [0.05, 0.1) is 4.47 Å². The number of nitrogens with zero attached hydrogens (tertiary/aromatic N) is 1. The van der Waals surface area contributed by atoms with E-state index in [1.54, 1.807) is 42.5 Å². The van der Waals surface area contributed by atoms with Gasteiger partial charge in [-0.05, 0) is 89.2 Å². The predicted molar refractivity (Wildman–Crippen MR) is 130 cm³/mol. The van der Waals surface area contributed by atoms with Crippen molar-refractivity contribution in [3.63, 3.8) is 0 Å². The molecule has 0 aliphatic heterocycles. The number of benzene rings is 3. The molecule has 162 valence electrons. The SMILES string of the molecule is Cc1cccc(OCC(=O)NC(=S)Nc2ccc3oc(-c4ccc(O)c(Br)c4)nc3c2)c1. The van der Waals surface area contributed by atoms with Gasteiger partial charge < -0.3 is 19.6 Å². The van der Waals surface area contributed by atoms with Gasteiger partial charge in [0.25, 0.3) is 5.91 Å². The van der Waals surface area contributed by atoms with Crippen molar-refractivity contribution in [1.29, 1.82) is 0 Å². The third-order valence-electron chi connectivity index (χ3n) is 4.45. The minimum absolute atomic E-state index is 0.135. The number of anilines is 1. The zero-order valence-corrected chi connectivity index (χ0v) is 19.3. The highest BCUT2D eigenvalue weighted by Gasteiger charge is 2.12. The number of aromatic nitrogens is 1. The van der Waals surface area contributed by atoms with E-state index in [0.717, 1.165) is 11.1 Å². The van der Waals surface area contributed by atoms with Crippen LogP contribution in [0.2, 0.25) is 0 Å². The summed E-state index contributed by atoms with van der Waals surface area (Å²) in [4.78, 5) is 16.6. The van der Waals surface area contributed by atoms with E-state index in [2.05, 4.69) is 31.5 Å². The number of hydrogen-bond donors (Lipinski definition) is 3. The van der Waals surface area contributed by atoms with Crippen molar-refractivity contribution in [2.24, 2.45) is 0 Å². The summed E-state index contributed by atoms with van der Waals surface area (Å²) in [6, 6.07) is 17.7. The number of ether oxygens (including phenoxy) is 1. The zero-order valence-electron chi connectivity index (χ0n) is 16.9. The fourth-order valence-electron chi connectivity index (χ4n) is 2.95. The Bertz CT molecular complexity index is 1320. The van der Waals surface area contributed by atoms with Gasteiger partial charge in [-0.1, -0.05) is 12.1 Å². The number of amides is 1. The topological polar surface area (TPSA) is 96.6 Å². The van der Waals surface area contributed by atoms with Crippen LogP contribution in [0.3, 0.4) is 0 Å². The number of aromatic hydroxyl groups is 1. The summed E-state index contributed by atoms with van der Waals surface area (Å²) in [6.07, 6.45) is 0. The molecule has 3 aromatic carbocycles. The first kappa shape index (κ1) is 21.8. The fourth-order valence-corrected chi connectivity index (χ4v) is 3.56. The Balaban J connectivity index is 1.38. The number of hydrogen-bond acceptors (Lipinski definition) is 6. The molecule has 1 heterocycles. The molecular weight excluding hydrogens is 494 g/mol. The van der Waals surface area contributed by atoms with Crippen LogP contribution in [0.1, 0.15) is 5.56 Å². The number of fused-ring (bicyclic) bond motifs is 1. The van der Waals surface area contributed by atoms with Gasteiger partial charge in [-0.2, -0.15) is 0 Å². The molecule has 3 N–H and O–H groups in total. The molecule has 0 spiro atoms. The minimum Gasteiger partial charge on any atom is -0.507 e. The molecule has 0 saturated carbocycles. The molecule has 32 heavy (non-hydrogen) atoms. The number of oxazole rings is 1. The van der Waals surface area contributed by atoms with E-state index in [9.17, 15) is 9.90 Å². The minimum atomic E-state index is -0.369. The van der Waals surface area contributed by atoms with Gasteiger partial charge in [0, 0.05) is 11.3 Å². The number of thiocarbonyl (C=S) groups is 1. The van der Waals surface area contributed by atoms with E-state index in [0.29, 0.717) is 32.9 Å². The Labute approximate surface area is 197 Å². The third kappa shape index (κ3) is 5.24. The number of halogens is 1. The molecule has 9 heteroatoms. The highest BCUT2D eigenvalue weighted by Crippen LogP contribution is 2.31. The zero-order chi connectivity index (χ0) is 22.7. The normalized spacial score (nSPS) is 10.7. The molecule has 7 nitrogen and oxygen atoms in total. The summed E-state index contributed by atoms with van der Waals surface area (Å²) in [5.41, 5.74) is 3.62. The fraction of sp³-hybridized carbons (Fsp3) is 0.0870. The van der Waals surface area contributed by atoms with Crippen LogP contribution >= 0.6 is 28.1 Å². The maximum Gasteiger partial charge on any atom is 0.264 e. The van der Waals surface area contributed by atoms with Crippen molar-refractivity contribution in [1.82, 2.24) is 10.3 Å². The highest BCUT2D eigenvalue weighted by atomic mass is 79.9. The van der Waals surface area contributed by atoms with Gasteiger partial charge >= 0.3 is 0 Å². The van der Waals surface area contributed by atoms with Crippen LogP contribution in [-0.4, -0.2) is 27.7 Å². The lowest BCUT2D eigenvalue weighted by Crippen LogP contribution is -2.37. The molecule has 0 unspecified atom stereocenters. The van der Waals surface area contributed by atoms with Crippen molar-refractivity contribution >= 4 is 56.0 Å². The number of phenols is 1. The van der Waals surface area contributed by atoms with Crippen LogP contribution in [-0.2, 0) is 4.79 Å². The van der Waals surface area contributed by atoms with E-state index in [4.69, 9.17) is 21.4 Å². The van der Waals surface area contributed by atoms with Crippen LogP contribution in [0.25, 0.3) is 22.6 Å². The lowest BCUT2D eigenvalue weighted by atomic mass is 10.2. The van der Waals surface area contributed by atoms with Gasteiger partial charge in [0.15, 0.2) is 17.3 Å². The second-order valence-corrected chi connectivity index (χ2v) is 8.24. The quantitative estimate of drug-likeness (QED) is 0.318. The third-order valence-corrected chi connectivity index (χ3v) is 5.29. The molecule has 4 aromatic rings. The molecule has 0 bridgehead atoms. The maximum absolute atomic E-state index is 12.1. The molecular formula is C23H18BrN3O4S. The molecule has 0 saturated heterocycles. The van der Waals surface area contributed by atoms with Crippen LogP contribution in [0.5, 0.6) is 11.5 Å². The smallest absolute Gasteiger partial charge is 0.264 e. The first-order valence-corrected chi connectivity index (χ1v) is 10.8. The van der Waals surface area contributed by atoms with E-state index in [-0.39, 0.29) is 23.4 Å². The number of phenolic OH excluding ortho intramolecular Hbond substituents is 1. The predicted octanol–water partition coefficient (Wildman–Crippen LogP) is 5.16. The van der Waals surface area contributed by atoms with Crippen molar-refractivity contribution in [3.05, 3.63) is 70.7 Å². The Morgan fingerprint density at radius 2 is 2.03 bits per heavy atom. The van der Waals surface area contributed by atoms with Gasteiger partial charge in [0.2, 0.25) is 5.89 Å². The standard InChI is InChI=1S/C23H18BrN3O4S/c1-13-3-2-4-16(9-13)30-12-21(29)27-23(32)25-15-6-8-20-18(11-15)26-22(31-20)14-5-7-19(28)17(24)10-14/h2-11,28H,12H2,1H3,(H2,25,27,29,32). The number of nitrogens with one attached hydrogen (secondary N) is 2. The first-order chi connectivity index (χ1) is 15.4. The van der Waals surface area contributed by atoms with Crippen molar-refractivity contribution in [2.75, 3.05) is 11.9 Å². The van der Waals surface area contributed by atoms with Crippen molar-refractivity contribution in [2.45, 2.75) is 6.92 Å². The lowest BCUT2D eigenvalue weighted by Gasteiger charge is -2.10.